The molecule has 15 heavy (non-hydrogen) atoms. The highest BCUT2D eigenvalue weighted by Crippen LogP contribution is 2.25. The largest absolute Gasteiger partial charge is 0.358 e. The van der Waals surface area contributed by atoms with Crippen LogP contribution in [0.4, 0.5) is 0 Å². The van der Waals surface area contributed by atoms with E-state index in [2.05, 4.69) is 19.9 Å². The molecule has 1 aliphatic rings. The van der Waals surface area contributed by atoms with Crippen LogP contribution in [0.2, 0.25) is 0 Å². The second-order valence-electron chi connectivity index (χ2n) is 3.48. The number of aromatic amines is 1. The fourth-order valence-electron chi connectivity index (χ4n) is 1.82. The molecule has 0 aromatic carbocycles. The van der Waals surface area contributed by atoms with E-state index in [1.54, 1.807) is 12.5 Å². The second-order valence-corrected chi connectivity index (χ2v) is 3.48. The number of aromatic nitrogens is 3. The Morgan fingerprint density at radius 2 is 2.33 bits per heavy atom. The third kappa shape index (κ3) is 1.34. The van der Waals surface area contributed by atoms with Crippen molar-refractivity contribution in [3.63, 3.8) is 0 Å². The molecular formula is C11H10N4. The highest BCUT2D eigenvalue weighted by molar-refractivity contribution is 5.94. The fraction of sp³-hybridized carbons (Fsp3) is 0.182. The number of rotatable bonds is 1. The van der Waals surface area contributed by atoms with Gasteiger partial charge in [-0.25, -0.2) is 9.97 Å². The molecule has 0 fully saturated rings. The van der Waals surface area contributed by atoms with Crippen LogP contribution in [0.1, 0.15) is 12.0 Å². The molecule has 0 aliphatic carbocycles. The van der Waals surface area contributed by atoms with Gasteiger partial charge in [-0.2, -0.15) is 0 Å². The maximum atomic E-state index is 4.29. The minimum Gasteiger partial charge on any atom is -0.358 e. The summed E-state index contributed by atoms with van der Waals surface area (Å²) in [7, 11) is 0. The average molecular weight is 198 g/mol. The van der Waals surface area contributed by atoms with Crippen LogP contribution in [-0.2, 0) is 0 Å². The summed E-state index contributed by atoms with van der Waals surface area (Å²) in [6.07, 6.45) is 10.3. The number of allylic oxidation sites excluding steroid dienone is 1. The van der Waals surface area contributed by atoms with E-state index >= 15 is 0 Å². The highest BCUT2D eigenvalue weighted by Gasteiger charge is 2.10. The monoisotopic (exact) mass is 198 g/mol. The van der Waals surface area contributed by atoms with E-state index in [1.165, 1.54) is 11.1 Å². The highest BCUT2D eigenvalue weighted by atomic mass is 14.9. The molecule has 0 amide bonds. The molecule has 74 valence electrons. The summed E-state index contributed by atoms with van der Waals surface area (Å²) in [4.78, 5) is 15.6. The van der Waals surface area contributed by atoms with Crippen molar-refractivity contribution >= 4 is 22.8 Å². The first-order chi connectivity index (χ1) is 7.45. The van der Waals surface area contributed by atoms with Gasteiger partial charge in [-0.15, -0.1) is 0 Å². The molecule has 0 saturated heterocycles. The van der Waals surface area contributed by atoms with E-state index in [0.29, 0.717) is 0 Å². The van der Waals surface area contributed by atoms with Crippen LogP contribution in [0.3, 0.4) is 0 Å². The fourth-order valence-corrected chi connectivity index (χ4v) is 1.82. The molecule has 1 aliphatic heterocycles. The van der Waals surface area contributed by atoms with Crippen LogP contribution in [0.5, 0.6) is 0 Å². The molecule has 4 heteroatoms. The third-order valence-electron chi connectivity index (χ3n) is 2.58. The molecule has 0 bridgehead atoms. The van der Waals surface area contributed by atoms with Gasteiger partial charge in [-0.05, 0) is 18.1 Å². The molecule has 3 rings (SSSR count). The number of H-pyrrole nitrogens is 1. The Morgan fingerprint density at radius 1 is 1.33 bits per heavy atom. The number of nitrogens with zero attached hydrogens (tertiary/aromatic N) is 3. The zero-order valence-corrected chi connectivity index (χ0v) is 8.14. The molecule has 2 aromatic heterocycles. The van der Waals surface area contributed by atoms with Crippen molar-refractivity contribution < 1.29 is 0 Å². The summed E-state index contributed by atoms with van der Waals surface area (Å²) >= 11 is 0. The first-order valence-corrected chi connectivity index (χ1v) is 4.91. The summed E-state index contributed by atoms with van der Waals surface area (Å²) < 4.78 is 0. The van der Waals surface area contributed by atoms with Gasteiger partial charge in [0, 0.05) is 24.5 Å². The van der Waals surface area contributed by atoms with Crippen LogP contribution < -0.4 is 0 Å². The van der Waals surface area contributed by atoms with Crippen molar-refractivity contribution in [2.45, 2.75) is 6.42 Å². The SMILES string of the molecule is C1=NCCC(c2c[nH]c3cncnc23)=C1. The van der Waals surface area contributed by atoms with Crippen molar-refractivity contribution in [3.8, 4) is 0 Å². The van der Waals surface area contributed by atoms with Gasteiger partial charge in [0.25, 0.3) is 0 Å². The first kappa shape index (κ1) is 8.35. The lowest BCUT2D eigenvalue weighted by molar-refractivity contribution is 1.02. The van der Waals surface area contributed by atoms with Crippen LogP contribution in [0, 0.1) is 0 Å². The van der Waals surface area contributed by atoms with E-state index in [-0.39, 0.29) is 0 Å². The van der Waals surface area contributed by atoms with Crippen molar-refractivity contribution in [2.24, 2.45) is 4.99 Å². The predicted molar refractivity (Wildman–Crippen MR) is 59.8 cm³/mol. The zero-order valence-electron chi connectivity index (χ0n) is 8.14. The Morgan fingerprint density at radius 3 is 3.20 bits per heavy atom. The van der Waals surface area contributed by atoms with Gasteiger partial charge in [0.05, 0.1) is 17.2 Å². The van der Waals surface area contributed by atoms with Crippen molar-refractivity contribution in [2.75, 3.05) is 6.54 Å². The van der Waals surface area contributed by atoms with Crippen LogP contribution in [0.15, 0.2) is 29.8 Å². The number of hydrogen-bond acceptors (Lipinski definition) is 3. The normalized spacial score (nSPS) is 15.6. The Balaban J connectivity index is 2.18. The lowest BCUT2D eigenvalue weighted by Crippen LogP contribution is -1.94. The standard InChI is InChI=1S/C11H10N4/c1-3-12-4-2-8(1)9-5-14-10-6-13-7-15-11(9)10/h1,3,5-7,14H,2,4H2. The average Bonchev–Trinajstić information content (AvgIpc) is 2.74. The molecule has 0 saturated carbocycles. The maximum absolute atomic E-state index is 4.29. The molecule has 0 radical (unpaired) electrons. The molecule has 4 nitrogen and oxygen atoms in total. The minimum atomic E-state index is 0.865. The zero-order chi connectivity index (χ0) is 10.1. The topological polar surface area (TPSA) is 53.9 Å². The van der Waals surface area contributed by atoms with Crippen molar-refractivity contribution in [1.82, 2.24) is 15.0 Å². The predicted octanol–water partition coefficient (Wildman–Crippen LogP) is 1.82. The molecule has 0 unspecified atom stereocenters. The van der Waals surface area contributed by atoms with Gasteiger partial charge in [0.1, 0.15) is 6.33 Å². The molecule has 0 spiro atoms. The molecule has 3 heterocycles. The van der Waals surface area contributed by atoms with E-state index in [4.69, 9.17) is 0 Å². The van der Waals surface area contributed by atoms with Gasteiger partial charge in [-0.3, -0.25) is 4.99 Å². The lowest BCUT2D eigenvalue weighted by atomic mass is 10.0. The molecular weight excluding hydrogens is 188 g/mol. The van der Waals surface area contributed by atoms with Crippen LogP contribution in [0.25, 0.3) is 16.6 Å². The van der Waals surface area contributed by atoms with Gasteiger partial charge in [-0.1, -0.05) is 0 Å². The van der Waals surface area contributed by atoms with Gasteiger partial charge >= 0.3 is 0 Å². The first-order valence-electron chi connectivity index (χ1n) is 4.91. The Kier molecular flexibility index (Phi) is 1.84. The lowest BCUT2D eigenvalue weighted by Gasteiger charge is -2.06. The van der Waals surface area contributed by atoms with Crippen LogP contribution >= 0.6 is 0 Å². The number of aliphatic imine (C=N–C) groups is 1. The van der Waals surface area contributed by atoms with E-state index < -0.39 is 0 Å². The Labute approximate surface area is 86.8 Å². The Bertz CT molecular complexity index is 550. The van der Waals surface area contributed by atoms with E-state index in [9.17, 15) is 0 Å². The maximum Gasteiger partial charge on any atom is 0.116 e. The van der Waals surface area contributed by atoms with Gasteiger partial charge in [0.2, 0.25) is 0 Å². The molecule has 2 aromatic rings. The van der Waals surface area contributed by atoms with Crippen LogP contribution in [-0.4, -0.2) is 27.7 Å². The number of nitrogens with one attached hydrogen (secondary N) is 1. The summed E-state index contributed by atoms with van der Waals surface area (Å²) in [5.41, 5.74) is 4.43. The summed E-state index contributed by atoms with van der Waals surface area (Å²) in [6, 6.07) is 0. The minimum absolute atomic E-state index is 0.865. The number of hydrogen-bond donors (Lipinski definition) is 1. The van der Waals surface area contributed by atoms with E-state index in [1.807, 2.05) is 18.5 Å². The van der Waals surface area contributed by atoms with Crippen molar-refractivity contribution in [3.05, 3.63) is 30.4 Å². The third-order valence-corrected chi connectivity index (χ3v) is 2.58. The molecule has 0 atom stereocenters. The summed E-state index contributed by atoms with van der Waals surface area (Å²) in [5, 5.41) is 0. The van der Waals surface area contributed by atoms with Crippen molar-refractivity contribution in [1.29, 1.82) is 0 Å². The van der Waals surface area contributed by atoms with Gasteiger partial charge in [0.15, 0.2) is 0 Å². The quantitative estimate of drug-likeness (QED) is 0.759. The second kappa shape index (κ2) is 3.31. The summed E-state index contributed by atoms with van der Waals surface area (Å²) in [5.74, 6) is 0. The molecule has 1 N–H and O–H groups in total. The van der Waals surface area contributed by atoms with E-state index in [0.717, 1.165) is 24.0 Å². The number of dihydropyridines is 1. The van der Waals surface area contributed by atoms with Gasteiger partial charge < -0.3 is 4.98 Å². The smallest absolute Gasteiger partial charge is 0.116 e. The number of fused-ring (bicyclic) bond motifs is 1. The summed E-state index contributed by atoms with van der Waals surface area (Å²) in [6.45, 7) is 0.865. The Hall–Kier alpha value is -1.97.